The molecular formula is C11H18N2O2. The van der Waals surface area contributed by atoms with Crippen LogP contribution in [0.1, 0.15) is 38.4 Å². The molecule has 0 aromatic carbocycles. The molecule has 0 aliphatic heterocycles. The normalized spacial score (nSPS) is 13.1. The van der Waals surface area contributed by atoms with Gasteiger partial charge in [0, 0.05) is 12.8 Å². The first-order chi connectivity index (χ1) is 7.19. The second kappa shape index (κ2) is 5.78. The molecule has 0 saturated carbocycles. The van der Waals surface area contributed by atoms with Crippen LogP contribution in [0.15, 0.2) is 12.3 Å². The highest BCUT2D eigenvalue weighted by molar-refractivity contribution is 5.03. The van der Waals surface area contributed by atoms with E-state index in [0.29, 0.717) is 24.0 Å². The van der Waals surface area contributed by atoms with Gasteiger partial charge in [0.05, 0.1) is 12.3 Å². The lowest BCUT2D eigenvalue weighted by Gasteiger charge is -2.19. The molecule has 0 fully saturated rings. The van der Waals surface area contributed by atoms with Gasteiger partial charge in [-0.15, -0.1) is 0 Å². The van der Waals surface area contributed by atoms with Crippen molar-refractivity contribution in [1.29, 1.82) is 0 Å². The van der Waals surface area contributed by atoms with Crippen molar-refractivity contribution in [2.45, 2.75) is 33.5 Å². The quantitative estimate of drug-likeness (QED) is 0.803. The molecule has 1 atom stereocenters. The molecule has 0 saturated heterocycles. The molecule has 0 radical (unpaired) electrons. The summed E-state index contributed by atoms with van der Waals surface area (Å²) >= 11 is 0. The van der Waals surface area contributed by atoms with Crippen LogP contribution in [0, 0.1) is 5.92 Å². The average Bonchev–Trinajstić information content (AvgIpc) is 2.25. The number of hydrogen-bond acceptors (Lipinski definition) is 4. The fraction of sp³-hybridized carbons (Fsp3) is 0.636. The topological polar surface area (TPSA) is 55.2 Å². The van der Waals surface area contributed by atoms with E-state index in [1.54, 1.807) is 12.3 Å². The van der Waals surface area contributed by atoms with Gasteiger partial charge in [-0.3, -0.25) is 0 Å². The van der Waals surface area contributed by atoms with Crippen molar-refractivity contribution >= 4 is 0 Å². The summed E-state index contributed by atoms with van der Waals surface area (Å²) in [6.07, 6.45) is 1.56. The summed E-state index contributed by atoms with van der Waals surface area (Å²) in [6, 6.07) is 1.70. The Morgan fingerprint density at radius 3 is 2.73 bits per heavy atom. The molecule has 1 N–H and O–H groups in total. The molecule has 0 aliphatic rings. The predicted molar refractivity (Wildman–Crippen MR) is 57.2 cm³/mol. The molecule has 1 aromatic heterocycles. The van der Waals surface area contributed by atoms with E-state index < -0.39 is 0 Å². The fourth-order valence-electron chi connectivity index (χ4n) is 1.38. The molecule has 0 bridgehead atoms. The minimum atomic E-state index is -0.0958. The lowest BCUT2D eigenvalue weighted by molar-refractivity contribution is 0.0229. The maximum Gasteiger partial charge on any atom is 0.157 e. The Morgan fingerprint density at radius 1 is 1.47 bits per heavy atom. The molecule has 1 rings (SSSR count). The summed E-state index contributed by atoms with van der Waals surface area (Å²) in [5.74, 6) is 0.970. The van der Waals surface area contributed by atoms with Gasteiger partial charge in [0.2, 0.25) is 0 Å². The van der Waals surface area contributed by atoms with Crippen molar-refractivity contribution in [3.05, 3.63) is 23.8 Å². The number of aliphatic hydroxyl groups excluding tert-OH is 1. The summed E-state index contributed by atoms with van der Waals surface area (Å²) in [7, 11) is 0. The maximum atomic E-state index is 8.98. The minimum absolute atomic E-state index is 0.0630. The van der Waals surface area contributed by atoms with Gasteiger partial charge in [0.25, 0.3) is 0 Å². The highest BCUT2D eigenvalue weighted by atomic mass is 16.5. The zero-order chi connectivity index (χ0) is 11.3. The molecule has 15 heavy (non-hydrogen) atoms. The smallest absolute Gasteiger partial charge is 0.157 e. The van der Waals surface area contributed by atoms with Crippen LogP contribution in [0.5, 0.6) is 0 Å². The van der Waals surface area contributed by atoms with Gasteiger partial charge >= 0.3 is 0 Å². The van der Waals surface area contributed by atoms with E-state index >= 15 is 0 Å². The number of ether oxygens (including phenoxy) is 1. The van der Waals surface area contributed by atoms with Crippen LogP contribution >= 0.6 is 0 Å². The number of nitrogens with zero attached hydrogens (tertiary/aromatic N) is 2. The molecule has 0 amide bonds. The SMILES string of the molecule is CCOC(c1nccc(CO)n1)C(C)C. The zero-order valence-electron chi connectivity index (χ0n) is 9.47. The van der Waals surface area contributed by atoms with Gasteiger partial charge in [-0.25, -0.2) is 9.97 Å². The van der Waals surface area contributed by atoms with Crippen molar-refractivity contribution in [3.8, 4) is 0 Å². The first-order valence-corrected chi connectivity index (χ1v) is 5.23. The minimum Gasteiger partial charge on any atom is -0.390 e. The van der Waals surface area contributed by atoms with Crippen molar-refractivity contribution in [3.63, 3.8) is 0 Å². The van der Waals surface area contributed by atoms with Crippen molar-refractivity contribution in [2.75, 3.05) is 6.61 Å². The summed E-state index contributed by atoms with van der Waals surface area (Å²) in [4.78, 5) is 8.43. The van der Waals surface area contributed by atoms with Crippen LogP contribution in [0.2, 0.25) is 0 Å². The zero-order valence-corrected chi connectivity index (χ0v) is 9.47. The second-order valence-electron chi connectivity index (χ2n) is 3.68. The third kappa shape index (κ3) is 3.25. The number of hydrogen-bond donors (Lipinski definition) is 1. The van der Waals surface area contributed by atoms with Crippen LogP contribution in [0.25, 0.3) is 0 Å². The molecule has 0 aliphatic carbocycles. The molecule has 4 heteroatoms. The Kier molecular flexibility index (Phi) is 4.65. The first-order valence-electron chi connectivity index (χ1n) is 5.23. The monoisotopic (exact) mass is 210 g/mol. The van der Waals surface area contributed by atoms with Crippen molar-refractivity contribution < 1.29 is 9.84 Å². The van der Waals surface area contributed by atoms with E-state index in [1.807, 2.05) is 6.92 Å². The number of rotatable bonds is 5. The summed E-state index contributed by atoms with van der Waals surface area (Å²) in [6.45, 7) is 6.65. The Morgan fingerprint density at radius 2 is 2.20 bits per heavy atom. The average molecular weight is 210 g/mol. The molecule has 1 aromatic rings. The van der Waals surface area contributed by atoms with Crippen LogP contribution < -0.4 is 0 Å². The molecule has 1 unspecified atom stereocenters. The van der Waals surface area contributed by atoms with E-state index in [2.05, 4.69) is 23.8 Å². The van der Waals surface area contributed by atoms with Crippen LogP contribution in [-0.2, 0) is 11.3 Å². The van der Waals surface area contributed by atoms with Crippen molar-refractivity contribution in [1.82, 2.24) is 9.97 Å². The Balaban J connectivity index is 2.89. The van der Waals surface area contributed by atoms with E-state index in [1.165, 1.54) is 0 Å². The Bertz CT molecular complexity index is 302. The molecule has 4 nitrogen and oxygen atoms in total. The van der Waals surface area contributed by atoms with E-state index in [9.17, 15) is 0 Å². The summed E-state index contributed by atoms with van der Waals surface area (Å²) in [5, 5.41) is 8.98. The van der Waals surface area contributed by atoms with Gasteiger partial charge in [-0.2, -0.15) is 0 Å². The lowest BCUT2D eigenvalue weighted by atomic mass is 10.1. The number of aromatic nitrogens is 2. The van der Waals surface area contributed by atoms with Crippen LogP contribution in [-0.4, -0.2) is 21.7 Å². The predicted octanol–water partition coefficient (Wildman–Crippen LogP) is 1.70. The van der Waals surface area contributed by atoms with E-state index in [4.69, 9.17) is 9.84 Å². The highest BCUT2D eigenvalue weighted by Crippen LogP contribution is 2.22. The van der Waals surface area contributed by atoms with Gasteiger partial charge in [0.15, 0.2) is 5.82 Å². The second-order valence-corrected chi connectivity index (χ2v) is 3.68. The van der Waals surface area contributed by atoms with Gasteiger partial charge in [-0.05, 0) is 18.9 Å². The Labute approximate surface area is 90.3 Å². The van der Waals surface area contributed by atoms with E-state index in [0.717, 1.165) is 0 Å². The summed E-state index contributed by atoms with van der Waals surface area (Å²) in [5.41, 5.74) is 0.630. The van der Waals surface area contributed by atoms with E-state index in [-0.39, 0.29) is 12.7 Å². The third-order valence-corrected chi connectivity index (χ3v) is 2.10. The molecule has 0 spiro atoms. The fourth-order valence-corrected chi connectivity index (χ4v) is 1.38. The van der Waals surface area contributed by atoms with Crippen molar-refractivity contribution in [2.24, 2.45) is 5.92 Å². The largest absolute Gasteiger partial charge is 0.390 e. The molecular weight excluding hydrogens is 192 g/mol. The Hall–Kier alpha value is -1.00. The number of aliphatic hydroxyl groups is 1. The standard InChI is InChI=1S/C11H18N2O2/c1-4-15-10(8(2)3)11-12-6-5-9(7-14)13-11/h5-6,8,10,14H,4,7H2,1-3H3. The van der Waals surface area contributed by atoms with Crippen LogP contribution in [0.4, 0.5) is 0 Å². The first kappa shape index (κ1) is 12.1. The van der Waals surface area contributed by atoms with Gasteiger partial charge in [0.1, 0.15) is 6.10 Å². The molecule has 1 heterocycles. The maximum absolute atomic E-state index is 8.98. The third-order valence-electron chi connectivity index (χ3n) is 2.10. The van der Waals surface area contributed by atoms with Gasteiger partial charge in [-0.1, -0.05) is 13.8 Å². The van der Waals surface area contributed by atoms with Crippen LogP contribution in [0.3, 0.4) is 0 Å². The lowest BCUT2D eigenvalue weighted by Crippen LogP contribution is -2.15. The summed E-state index contributed by atoms with van der Waals surface area (Å²) < 4.78 is 5.58. The highest BCUT2D eigenvalue weighted by Gasteiger charge is 2.18. The van der Waals surface area contributed by atoms with Gasteiger partial charge < -0.3 is 9.84 Å². The molecule has 84 valence electrons.